The van der Waals surface area contributed by atoms with E-state index < -0.39 is 0 Å². The summed E-state index contributed by atoms with van der Waals surface area (Å²) in [6.07, 6.45) is 19.3. The molecule has 1 aliphatic carbocycles. The van der Waals surface area contributed by atoms with Crippen LogP contribution in [0.2, 0.25) is 0 Å². The fourth-order valence-electron chi connectivity index (χ4n) is 7.49. The third-order valence-corrected chi connectivity index (χ3v) is 11.2. The molecule has 1 atom stereocenters. The summed E-state index contributed by atoms with van der Waals surface area (Å²) in [5.74, 6) is 2.53. The molecule has 5 rings (SSSR count). The lowest BCUT2D eigenvalue weighted by Gasteiger charge is -2.29. The van der Waals surface area contributed by atoms with E-state index in [2.05, 4.69) is 80.6 Å². The van der Waals surface area contributed by atoms with Gasteiger partial charge in [-0.15, -0.1) is 0 Å². The van der Waals surface area contributed by atoms with E-state index in [1.165, 1.54) is 60.9 Å². The van der Waals surface area contributed by atoms with Crippen molar-refractivity contribution in [3.63, 3.8) is 0 Å². The normalized spacial score (nSPS) is 14.0. The van der Waals surface area contributed by atoms with Gasteiger partial charge in [0.2, 0.25) is 0 Å². The Hall–Kier alpha value is -4.55. The van der Waals surface area contributed by atoms with Crippen molar-refractivity contribution < 1.29 is 14.6 Å². The molecule has 2 N–H and O–H groups in total. The van der Waals surface area contributed by atoms with Crippen LogP contribution < -0.4 is 10.1 Å². The SMILES string of the molecule is CC.C\C=C/C(=C\C=C\CC)c1c(O)cc(NC(=O)c2ccc(Oc3ccc4c(c3)c(C)c(C)n4CCCN(CCC)CCC(C)CC)cc2)cc1C1CCC1. The Kier molecular flexibility index (Phi) is 17.6. The third kappa shape index (κ3) is 11.5. The number of aromatic hydroxyl groups is 1. The van der Waals surface area contributed by atoms with Gasteiger partial charge in [-0.3, -0.25) is 4.79 Å². The molecule has 302 valence electrons. The number of hydrogen-bond acceptors (Lipinski definition) is 4. The summed E-state index contributed by atoms with van der Waals surface area (Å²) in [4.78, 5) is 16.1. The highest BCUT2D eigenvalue weighted by Gasteiger charge is 2.26. The second-order valence-corrected chi connectivity index (χ2v) is 15.2. The number of phenolic OH excluding ortho intramolecular Hbond substituents is 1. The fraction of sp³-hybridized carbons (Fsp3) is 0.460. The van der Waals surface area contributed by atoms with Gasteiger partial charge in [-0.1, -0.05) is 84.8 Å². The second kappa shape index (κ2) is 22.3. The van der Waals surface area contributed by atoms with E-state index in [-0.39, 0.29) is 11.7 Å². The van der Waals surface area contributed by atoms with Crippen molar-refractivity contribution in [2.75, 3.05) is 25.0 Å². The lowest BCUT2D eigenvalue weighted by molar-refractivity contribution is 0.102. The quantitative estimate of drug-likeness (QED) is 0.0934. The van der Waals surface area contributed by atoms with Gasteiger partial charge >= 0.3 is 0 Å². The molecule has 0 bridgehead atoms. The van der Waals surface area contributed by atoms with Crippen LogP contribution in [0.25, 0.3) is 16.5 Å². The number of aryl methyl sites for hydroxylation is 2. The number of rotatable bonds is 19. The minimum atomic E-state index is -0.231. The van der Waals surface area contributed by atoms with Crippen LogP contribution >= 0.6 is 0 Å². The zero-order valence-corrected chi connectivity index (χ0v) is 35.9. The van der Waals surface area contributed by atoms with Gasteiger partial charge < -0.3 is 24.6 Å². The molecule has 4 aromatic rings. The molecule has 3 aromatic carbocycles. The third-order valence-electron chi connectivity index (χ3n) is 11.2. The van der Waals surface area contributed by atoms with Crippen molar-refractivity contribution in [3.8, 4) is 17.2 Å². The monoisotopic (exact) mass is 760 g/mol. The molecular weight excluding hydrogens is 691 g/mol. The number of ether oxygens (including phenoxy) is 1. The molecule has 1 unspecified atom stereocenters. The maximum atomic E-state index is 13.4. The molecule has 1 amide bonds. The predicted molar refractivity (Wildman–Crippen MR) is 240 cm³/mol. The number of phenols is 1. The summed E-state index contributed by atoms with van der Waals surface area (Å²) in [6, 6.07) is 17.3. The topological polar surface area (TPSA) is 66.7 Å². The highest BCUT2D eigenvalue weighted by atomic mass is 16.5. The number of benzene rings is 3. The minimum Gasteiger partial charge on any atom is -0.507 e. The number of carbonyl (C=O) groups excluding carboxylic acids is 1. The highest BCUT2D eigenvalue weighted by Crippen LogP contribution is 2.44. The van der Waals surface area contributed by atoms with Crippen LogP contribution in [0.1, 0.15) is 138 Å². The molecule has 1 aliphatic rings. The van der Waals surface area contributed by atoms with Gasteiger partial charge in [-0.25, -0.2) is 0 Å². The number of nitrogens with zero attached hydrogens (tertiary/aromatic N) is 2. The molecule has 56 heavy (non-hydrogen) atoms. The van der Waals surface area contributed by atoms with E-state index in [0.29, 0.717) is 22.9 Å². The number of amides is 1. The van der Waals surface area contributed by atoms with Crippen molar-refractivity contribution in [1.29, 1.82) is 0 Å². The number of allylic oxidation sites excluding steroid dienone is 6. The summed E-state index contributed by atoms with van der Waals surface area (Å²) in [5, 5.41) is 15.6. The summed E-state index contributed by atoms with van der Waals surface area (Å²) in [5.41, 5.74) is 7.84. The van der Waals surface area contributed by atoms with Crippen molar-refractivity contribution >= 4 is 28.1 Å². The van der Waals surface area contributed by atoms with Crippen LogP contribution in [0.4, 0.5) is 5.69 Å². The lowest BCUT2D eigenvalue weighted by atomic mass is 9.76. The van der Waals surface area contributed by atoms with Crippen molar-refractivity contribution in [2.24, 2.45) is 5.92 Å². The fourth-order valence-corrected chi connectivity index (χ4v) is 7.49. The van der Waals surface area contributed by atoms with Crippen LogP contribution in [0.15, 0.2) is 85.0 Å². The molecule has 0 radical (unpaired) electrons. The molecule has 1 aromatic heterocycles. The average Bonchev–Trinajstić information content (AvgIpc) is 3.41. The molecule has 0 spiro atoms. The molecule has 0 saturated heterocycles. The maximum Gasteiger partial charge on any atom is 0.255 e. The Morgan fingerprint density at radius 1 is 1.00 bits per heavy atom. The number of nitrogens with one attached hydrogen (secondary N) is 1. The highest BCUT2D eigenvalue weighted by molar-refractivity contribution is 6.04. The second-order valence-electron chi connectivity index (χ2n) is 15.2. The van der Waals surface area contributed by atoms with E-state index in [0.717, 1.165) is 67.1 Å². The molecule has 1 fully saturated rings. The predicted octanol–water partition coefficient (Wildman–Crippen LogP) is 13.8. The number of anilines is 1. The van der Waals surface area contributed by atoms with E-state index in [9.17, 15) is 9.90 Å². The van der Waals surface area contributed by atoms with E-state index in [1.807, 2.05) is 63.3 Å². The zero-order valence-electron chi connectivity index (χ0n) is 35.9. The lowest BCUT2D eigenvalue weighted by Crippen LogP contribution is -2.28. The first-order chi connectivity index (χ1) is 27.2. The first kappa shape index (κ1) is 44.2. The van der Waals surface area contributed by atoms with Crippen molar-refractivity contribution in [1.82, 2.24) is 9.47 Å². The Morgan fingerprint density at radius 3 is 2.38 bits per heavy atom. The average molecular weight is 760 g/mol. The molecular formula is C50H69N3O3. The van der Waals surface area contributed by atoms with Crippen LogP contribution in [-0.2, 0) is 6.54 Å². The van der Waals surface area contributed by atoms with Gasteiger partial charge in [-0.05, 0) is 156 Å². The summed E-state index contributed by atoms with van der Waals surface area (Å²) in [6.45, 7) is 23.9. The summed E-state index contributed by atoms with van der Waals surface area (Å²) in [7, 11) is 0. The number of aromatic nitrogens is 1. The minimum absolute atomic E-state index is 0.177. The van der Waals surface area contributed by atoms with Crippen molar-refractivity contribution in [3.05, 3.63) is 113 Å². The van der Waals surface area contributed by atoms with E-state index in [4.69, 9.17) is 4.74 Å². The maximum absolute atomic E-state index is 13.4. The summed E-state index contributed by atoms with van der Waals surface area (Å²) >= 11 is 0. The molecule has 1 saturated carbocycles. The largest absolute Gasteiger partial charge is 0.507 e. The molecule has 0 aliphatic heterocycles. The number of carbonyl (C=O) groups is 1. The molecule has 6 nitrogen and oxygen atoms in total. The molecule has 6 heteroatoms. The van der Waals surface area contributed by atoms with Gasteiger partial charge in [0.1, 0.15) is 17.2 Å². The van der Waals surface area contributed by atoms with Crippen LogP contribution in [0.3, 0.4) is 0 Å². The van der Waals surface area contributed by atoms with Gasteiger partial charge in [0.05, 0.1) is 0 Å². The number of hydrogen-bond donors (Lipinski definition) is 2. The van der Waals surface area contributed by atoms with Gasteiger partial charge in [0.15, 0.2) is 0 Å². The Balaban J connectivity index is 0.00000342. The van der Waals surface area contributed by atoms with Crippen LogP contribution in [-0.4, -0.2) is 40.1 Å². The van der Waals surface area contributed by atoms with Gasteiger partial charge in [0.25, 0.3) is 5.91 Å². The first-order valence-electron chi connectivity index (χ1n) is 21.4. The Labute approximate surface area is 338 Å². The van der Waals surface area contributed by atoms with Crippen LogP contribution in [0, 0.1) is 19.8 Å². The van der Waals surface area contributed by atoms with E-state index >= 15 is 0 Å². The smallest absolute Gasteiger partial charge is 0.255 e. The van der Waals surface area contributed by atoms with Gasteiger partial charge in [0, 0.05) is 46.0 Å². The summed E-state index contributed by atoms with van der Waals surface area (Å²) < 4.78 is 8.77. The standard InChI is InChI=1S/C48H63N3O3.C2H6/c1-8-12-13-17-38(16-9-2)47-44(37-18-14-19-37)31-40(32-46(47)52)49-48(53)39-20-22-41(23-21-39)54-42-24-25-45-43(33-42)35(6)36(7)51(45)29-15-28-50(27-10-3)30-26-34(5)11-4;1-2/h9,12-13,16-17,20-25,31-34,37,52H,8,10-11,14-15,18-19,26-30H2,1-7H3,(H,49,53);1-2H3/b13-12+,16-9-,38-17+;. The Morgan fingerprint density at radius 2 is 1.73 bits per heavy atom. The zero-order chi connectivity index (χ0) is 40.6. The number of fused-ring (bicyclic) bond motifs is 1. The van der Waals surface area contributed by atoms with Crippen molar-refractivity contribution in [2.45, 2.75) is 126 Å². The van der Waals surface area contributed by atoms with Crippen LogP contribution in [0.5, 0.6) is 17.2 Å². The molecule has 1 heterocycles. The van der Waals surface area contributed by atoms with E-state index in [1.54, 1.807) is 18.2 Å². The Bertz CT molecular complexity index is 1940. The first-order valence-corrected chi connectivity index (χ1v) is 21.4. The van der Waals surface area contributed by atoms with Gasteiger partial charge in [-0.2, -0.15) is 0 Å².